The Balaban J connectivity index is 3.24. The van der Waals surface area contributed by atoms with Gasteiger partial charge in [-0.05, 0) is 22.0 Å². The summed E-state index contributed by atoms with van der Waals surface area (Å²) >= 11 is 2.97. The minimum atomic E-state index is -2.68. The van der Waals surface area contributed by atoms with E-state index >= 15 is 0 Å². The van der Waals surface area contributed by atoms with Crippen LogP contribution in [0.4, 0.5) is 8.78 Å². The highest BCUT2D eigenvalue weighted by Crippen LogP contribution is 2.30. The Labute approximate surface area is 93.8 Å². The molecule has 1 heterocycles. The van der Waals surface area contributed by atoms with Crippen LogP contribution in [-0.4, -0.2) is 12.1 Å². The highest BCUT2D eigenvalue weighted by Gasteiger charge is 2.17. The molecule has 0 N–H and O–H groups in total. The smallest absolute Gasteiger partial charge is 0.281 e. The topological polar surface area (TPSA) is 45.9 Å². The Morgan fingerprint density at radius 1 is 1.67 bits per heavy atom. The molecule has 80 valence electrons. The van der Waals surface area contributed by atoms with Gasteiger partial charge < -0.3 is 4.74 Å². The molecule has 0 saturated heterocycles. The van der Waals surface area contributed by atoms with Crippen molar-refractivity contribution in [2.24, 2.45) is 0 Å². The van der Waals surface area contributed by atoms with Crippen LogP contribution in [0.3, 0.4) is 0 Å². The number of pyridine rings is 1. The van der Waals surface area contributed by atoms with E-state index in [4.69, 9.17) is 10.00 Å². The third kappa shape index (κ3) is 2.63. The zero-order chi connectivity index (χ0) is 11.4. The molecule has 0 fully saturated rings. The van der Waals surface area contributed by atoms with Crippen molar-refractivity contribution in [3.63, 3.8) is 0 Å². The van der Waals surface area contributed by atoms with Crippen LogP contribution in [0.25, 0.3) is 0 Å². The average Bonchev–Trinajstić information content (AvgIpc) is 2.18. The standard InChI is InChI=1S/C9H7BrF2N2O/c1-15-9-5(2-3-13)4-6(10)7(14-9)8(11)12/h4,8H,2H2,1H3. The predicted molar refractivity (Wildman–Crippen MR) is 52.8 cm³/mol. The number of hydrogen-bond donors (Lipinski definition) is 0. The molecule has 0 amide bonds. The highest BCUT2D eigenvalue weighted by molar-refractivity contribution is 9.10. The number of hydrogen-bond acceptors (Lipinski definition) is 3. The van der Waals surface area contributed by atoms with Crippen molar-refractivity contribution in [1.29, 1.82) is 5.26 Å². The monoisotopic (exact) mass is 276 g/mol. The van der Waals surface area contributed by atoms with E-state index in [1.165, 1.54) is 13.2 Å². The van der Waals surface area contributed by atoms with Gasteiger partial charge in [-0.25, -0.2) is 13.8 Å². The van der Waals surface area contributed by atoms with E-state index in [0.717, 1.165) is 0 Å². The summed E-state index contributed by atoms with van der Waals surface area (Å²) in [5.41, 5.74) is 0.102. The van der Waals surface area contributed by atoms with Crippen LogP contribution < -0.4 is 4.74 Å². The molecule has 0 bridgehead atoms. The van der Waals surface area contributed by atoms with E-state index < -0.39 is 6.43 Å². The molecule has 1 aromatic rings. The number of rotatable bonds is 3. The first kappa shape index (κ1) is 11.9. The minimum Gasteiger partial charge on any atom is -0.481 e. The summed E-state index contributed by atoms with van der Waals surface area (Å²) in [7, 11) is 1.33. The Morgan fingerprint density at radius 3 is 2.80 bits per heavy atom. The van der Waals surface area contributed by atoms with E-state index in [1.807, 2.05) is 6.07 Å². The SMILES string of the molecule is COc1nc(C(F)F)c(Br)cc1CC#N. The maximum atomic E-state index is 12.4. The molecule has 0 aliphatic carbocycles. The van der Waals surface area contributed by atoms with Crippen LogP contribution in [0.15, 0.2) is 10.5 Å². The molecule has 0 atom stereocenters. The summed E-state index contributed by atoms with van der Waals surface area (Å²) in [6.07, 6.45) is -2.61. The third-order valence-corrected chi connectivity index (χ3v) is 2.35. The number of halogens is 3. The van der Waals surface area contributed by atoms with E-state index in [0.29, 0.717) is 5.56 Å². The lowest BCUT2D eigenvalue weighted by atomic mass is 10.2. The third-order valence-electron chi connectivity index (χ3n) is 1.71. The average molecular weight is 277 g/mol. The van der Waals surface area contributed by atoms with Crippen molar-refractivity contribution < 1.29 is 13.5 Å². The molecule has 0 unspecified atom stereocenters. The van der Waals surface area contributed by atoms with E-state index in [2.05, 4.69) is 20.9 Å². The van der Waals surface area contributed by atoms with Crippen molar-refractivity contribution in [2.75, 3.05) is 7.11 Å². The molecular weight excluding hydrogens is 270 g/mol. The molecule has 0 aliphatic heterocycles. The quantitative estimate of drug-likeness (QED) is 0.853. The molecule has 0 aliphatic rings. The second-order valence-corrected chi connectivity index (χ2v) is 3.51. The van der Waals surface area contributed by atoms with Gasteiger partial charge in [0, 0.05) is 10.0 Å². The lowest BCUT2D eigenvalue weighted by Crippen LogP contribution is -2.00. The number of nitriles is 1. The lowest BCUT2D eigenvalue weighted by Gasteiger charge is -2.08. The van der Waals surface area contributed by atoms with Crippen LogP contribution >= 0.6 is 15.9 Å². The predicted octanol–water partition coefficient (Wildman–Crippen LogP) is 2.86. The fourth-order valence-electron chi connectivity index (χ4n) is 1.06. The number of methoxy groups -OCH3 is 1. The number of alkyl halides is 2. The van der Waals surface area contributed by atoms with Crippen molar-refractivity contribution in [3.8, 4) is 11.9 Å². The molecule has 0 spiro atoms. The summed E-state index contributed by atoms with van der Waals surface area (Å²) in [4.78, 5) is 3.64. The molecule has 0 radical (unpaired) electrons. The molecule has 3 nitrogen and oxygen atoms in total. The zero-order valence-corrected chi connectivity index (χ0v) is 9.38. The summed E-state index contributed by atoms with van der Waals surface area (Å²) in [6, 6.07) is 3.33. The van der Waals surface area contributed by atoms with Crippen LogP contribution in [0, 0.1) is 11.3 Å². The Bertz CT molecular complexity index is 404. The first-order valence-electron chi connectivity index (χ1n) is 3.98. The molecular formula is C9H7BrF2N2O. The van der Waals surface area contributed by atoms with Crippen molar-refractivity contribution in [3.05, 3.63) is 21.8 Å². The Kier molecular flexibility index (Phi) is 3.97. The van der Waals surface area contributed by atoms with Gasteiger partial charge in [-0.1, -0.05) is 0 Å². The summed E-state index contributed by atoms with van der Waals surface area (Å²) in [5.74, 6) is 0.0649. The fraction of sp³-hybridized carbons (Fsp3) is 0.333. The molecule has 1 aromatic heterocycles. The highest BCUT2D eigenvalue weighted by atomic mass is 79.9. The van der Waals surface area contributed by atoms with Crippen molar-refractivity contribution in [2.45, 2.75) is 12.8 Å². The van der Waals surface area contributed by atoms with Gasteiger partial charge >= 0.3 is 0 Å². The Hall–Kier alpha value is -1.22. The molecule has 15 heavy (non-hydrogen) atoms. The fourth-order valence-corrected chi connectivity index (χ4v) is 1.60. The summed E-state index contributed by atoms with van der Waals surface area (Å²) < 4.78 is 29.9. The first-order chi connectivity index (χ1) is 7.10. The van der Waals surface area contributed by atoms with Gasteiger partial charge in [0.05, 0.1) is 19.6 Å². The van der Waals surface area contributed by atoms with Crippen LogP contribution in [0.5, 0.6) is 5.88 Å². The van der Waals surface area contributed by atoms with Gasteiger partial charge in [0.1, 0.15) is 5.69 Å². The summed E-state index contributed by atoms with van der Waals surface area (Å²) in [5, 5.41) is 8.51. The van der Waals surface area contributed by atoms with Crippen LogP contribution in [0.1, 0.15) is 17.7 Å². The van der Waals surface area contributed by atoms with Crippen LogP contribution in [0.2, 0.25) is 0 Å². The van der Waals surface area contributed by atoms with E-state index in [-0.39, 0.29) is 22.5 Å². The largest absolute Gasteiger partial charge is 0.481 e. The molecule has 6 heteroatoms. The van der Waals surface area contributed by atoms with Gasteiger partial charge in [-0.15, -0.1) is 0 Å². The van der Waals surface area contributed by atoms with Crippen molar-refractivity contribution in [1.82, 2.24) is 4.98 Å². The molecule has 0 aromatic carbocycles. The second kappa shape index (κ2) is 5.03. The van der Waals surface area contributed by atoms with Crippen LogP contribution in [-0.2, 0) is 6.42 Å². The summed E-state index contributed by atoms with van der Waals surface area (Å²) in [6.45, 7) is 0. The van der Waals surface area contributed by atoms with Gasteiger partial charge in [0.25, 0.3) is 6.43 Å². The maximum absolute atomic E-state index is 12.4. The van der Waals surface area contributed by atoms with Crippen molar-refractivity contribution >= 4 is 15.9 Å². The van der Waals surface area contributed by atoms with Gasteiger partial charge in [0.2, 0.25) is 5.88 Å². The first-order valence-corrected chi connectivity index (χ1v) is 4.77. The molecule has 0 saturated carbocycles. The number of ether oxygens (including phenoxy) is 1. The second-order valence-electron chi connectivity index (χ2n) is 2.66. The van der Waals surface area contributed by atoms with Gasteiger partial charge in [-0.2, -0.15) is 5.26 Å². The normalized spacial score (nSPS) is 10.1. The Morgan fingerprint density at radius 2 is 2.33 bits per heavy atom. The lowest BCUT2D eigenvalue weighted by molar-refractivity contribution is 0.144. The van der Waals surface area contributed by atoms with Gasteiger partial charge in [0.15, 0.2) is 0 Å². The van der Waals surface area contributed by atoms with Gasteiger partial charge in [-0.3, -0.25) is 0 Å². The van der Waals surface area contributed by atoms with E-state index in [9.17, 15) is 8.78 Å². The number of nitrogens with zero attached hydrogens (tertiary/aromatic N) is 2. The minimum absolute atomic E-state index is 0.0649. The zero-order valence-electron chi connectivity index (χ0n) is 7.80. The number of aromatic nitrogens is 1. The molecule has 1 rings (SSSR count). The van der Waals surface area contributed by atoms with E-state index in [1.54, 1.807) is 0 Å². The maximum Gasteiger partial charge on any atom is 0.281 e.